The first kappa shape index (κ1) is 17.7. The number of amides is 2. The molecule has 8 nitrogen and oxygen atoms in total. The van der Waals surface area contributed by atoms with Crippen molar-refractivity contribution in [2.45, 2.75) is 45.1 Å². The van der Waals surface area contributed by atoms with Crippen molar-refractivity contribution in [3.8, 4) is 0 Å². The van der Waals surface area contributed by atoms with Gasteiger partial charge in [-0.15, -0.1) is 5.10 Å². The van der Waals surface area contributed by atoms with E-state index in [-0.39, 0.29) is 12.0 Å². The molecule has 1 fully saturated rings. The van der Waals surface area contributed by atoms with Crippen LogP contribution in [0.25, 0.3) is 0 Å². The summed E-state index contributed by atoms with van der Waals surface area (Å²) in [5.74, 6) is 1.81. The van der Waals surface area contributed by atoms with Crippen molar-refractivity contribution < 1.29 is 14.3 Å². The van der Waals surface area contributed by atoms with Gasteiger partial charge in [-0.05, 0) is 49.9 Å². The van der Waals surface area contributed by atoms with E-state index in [1.165, 1.54) is 5.69 Å². The molecule has 0 unspecified atom stereocenters. The number of aryl methyl sites for hydroxylation is 2. The molecule has 2 aliphatic rings. The summed E-state index contributed by atoms with van der Waals surface area (Å²) in [7, 11) is 3.24. The van der Waals surface area contributed by atoms with Gasteiger partial charge >= 0.3 is 6.09 Å². The largest absolute Gasteiger partial charge is 0.449 e. The Morgan fingerprint density at radius 3 is 2.68 bits per heavy atom. The van der Waals surface area contributed by atoms with Gasteiger partial charge in [-0.1, -0.05) is 5.21 Å². The summed E-state index contributed by atoms with van der Waals surface area (Å²) in [5, 5.41) is 13.8. The van der Waals surface area contributed by atoms with E-state index in [1.54, 1.807) is 14.1 Å². The summed E-state index contributed by atoms with van der Waals surface area (Å²) in [4.78, 5) is 22.6. The molecule has 3 atom stereocenters. The third-order valence-electron chi connectivity index (χ3n) is 5.52. The molecule has 138 valence electrons. The number of fused-ring (bicyclic) bond motifs is 2. The van der Waals surface area contributed by atoms with Gasteiger partial charge in [-0.25, -0.2) is 9.48 Å². The lowest BCUT2D eigenvalue weighted by atomic mass is 10.0. The molecule has 2 aliphatic carbocycles. The Labute approximate surface area is 147 Å². The van der Waals surface area contributed by atoms with Gasteiger partial charge in [0.15, 0.2) is 0 Å². The third kappa shape index (κ3) is 4.11. The maximum absolute atomic E-state index is 11.3. The summed E-state index contributed by atoms with van der Waals surface area (Å²) in [6.45, 7) is 1.24. The van der Waals surface area contributed by atoms with Crippen LogP contribution in [0.4, 0.5) is 4.79 Å². The number of aromatic nitrogens is 3. The summed E-state index contributed by atoms with van der Waals surface area (Å²) in [6.07, 6.45) is 4.98. The van der Waals surface area contributed by atoms with Gasteiger partial charge in [-0.3, -0.25) is 4.79 Å². The summed E-state index contributed by atoms with van der Waals surface area (Å²) < 4.78 is 7.21. The number of alkyl carbamates (subject to hydrolysis) is 1. The Kier molecular flexibility index (Phi) is 5.55. The molecular formula is C17H27N5O3. The topological polar surface area (TPSA) is 98.1 Å². The first-order chi connectivity index (χ1) is 12.1. The predicted molar refractivity (Wildman–Crippen MR) is 90.8 cm³/mol. The zero-order valence-corrected chi connectivity index (χ0v) is 15.0. The molecule has 3 rings (SSSR count). The van der Waals surface area contributed by atoms with E-state index in [1.807, 2.05) is 4.68 Å². The number of hydrogen-bond acceptors (Lipinski definition) is 5. The average molecular weight is 349 g/mol. The third-order valence-corrected chi connectivity index (χ3v) is 5.52. The van der Waals surface area contributed by atoms with Crippen LogP contribution in [0, 0.1) is 17.8 Å². The second-order valence-corrected chi connectivity index (χ2v) is 6.90. The fourth-order valence-electron chi connectivity index (χ4n) is 4.01. The molecule has 0 spiro atoms. The molecule has 0 aromatic carbocycles. The smallest absolute Gasteiger partial charge is 0.406 e. The average Bonchev–Trinajstić information content (AvgIpc) is 3.12. The molecule has 25 heavy (non-hydrogen) atoms. The highest BCUT2D eigenvalue weighted by Gasteiger charge is 2.50. The van der Waals surface area contributed by atoms with E-state index in [0.29, 0.717) is 30.8 Å². The first-order valence-corrected chi connectivity index (χ1v) is 9.10. The SMILES string of the molecule is CNC(=O)CCCn1nnc2c1CC[C@H]1[C@@H](CC2)[C@H]1COC(=O)NC. The van der Waals surface area contributed by atoms with E-state index >= 15 is 0 Å². The van der Waals surface area contributed by atoms with Crippen molar-refractivity contribution in [1.29, 1.82) is 0 Å². The fraction of sp³-hybridized carbons (Fsp3) is 0.765. The monoisotopic (exact) mass is 349 g/mol. The number of carbonyl (C=O) groups excluding carboxylic acids is 2. The maximum Gasteiger partial charge on any atom is 0.406 e. The Morgan fingerprint density at radius 2 is 1.96 bits per heavy atom. The van der Waals surface area contributed by atoms with E-state index in [4.69, 9.17) is 4.74 Å². The highest BCUT2D eigenvalue weighted by Crippen LogP contribution is 2.52. The summed E-state index contributed by atoms with van der Waals surface area (Å²) in [6, 6.07) is 0. The van der Waals surface area contributed by atoms with Crippen molar-refractivity contribution in [2.75, 3.05) is 20.7 Å². The van der Waals surface area contributed by atoms with E-state index in [2.05, 4.69) is 20.9 Å². The molecule has 1 saturated carbocycles. The quantitative estimate of drug-likeness (QED) is 0.795. The number of carbonyl (C=O) groups is 2. The zero-order chi connectivity index (χ0) is 17.8. The van der Waals surface area contributed by atoms with Crippen molar-refractivity contribution in [2.24, 2.45) is 17.8 Å². The lowest BCUT2D eigenvalue weighted by Crippen LogP contribution is -2.20. The normalized spacial score (nSPS) is 24.3. The Morgan fingerprint density at radius 1 is 1.20 bits per heavy atom. The highest BCUT2D eigenvalue weighted by atomic mass is 16.5. The molecule has 1 heterocycles. The molecule has 0 radical (unpaired) electrons. The number of nitrogens with one attached hydrogen (secondary N) is 2. The molecule has 2 amide bonds. The first-order valence-electron chi connectivity index (χ1n) is 9.10. The van der Waals surface area contributed by atoms with Gasteiger partial charge in [0.05, 0.1) is 18.0 Å². The second-order valence-electron chi connectivity index (χ2n) is 6.90. The van der Waals surface area contributed by atoms with Crippen LogP contribution < -0.4 is 10.6 Å². The van der Waals surface area contributed by atoms with Crippen molar-refractivity contribution in [3.05, 3.63) is 11.4 Å². The molecule has 0 aliphatic heterocycles. The summed E-state index contributed by atoms with van der Waals surface area (Å²) >= 11 is 0. The zero-order valence-electron chi connectivity index (χ0n) is 15.0. The van der Waals surface area contributed by atoms with E-state index in [0.717, 1.165) is 44.3 Å². The van der Waals surface area contributed by atoms with Gasteiger partial charge in [0, 0.05) is 27.1 Å². The van der Waals surface area contributed by atoms with Crippen LogP contribution in [0.3, 0.4) is 0 Å². The van der Waals surface area contributed by atoms with Crippen LogP contribution >= 0.6 is 0 Å². The van der Waals surface area contributed by atoms with Crippen molar-refractivity contribution in [1.82, 2.24) is 25.6 Å². The van der Waals surface area contributed by atoms with Gasteiger partial charge in [0.25, 0.3) is 0 Å². The molecule has 1 aromatic heterocycles. The Hall–Kier alpha value is -2.12. The van der Waals surface area contributed by atoms with Crippen LogP contribution in [0.15, 0.2) is 0 Å². The molecule has 0 bridgehead atoms. The highest BCUT2D eigenvalue weighted by molar-refractivity contribution is 5.75. The molecule has 0 saturated heterocycles. The lowest BCUT2D eigenvalue weighted by Gasteiger charge is -2.10. The number of nitrogens with zero attached hydrogens (tertiary/aromatic N) is 3. The van der Waals surface area contributed by atoms with Crippen LogP contribution in [-0.4, -0.2) is 47.7 Å². The minimum Gasteiger partial charge on any atom is -0.449 e. The minimum absolute atomic E-state index is 0.0581. The standard InChI is InChI=1S/C17H27N5O3/c1-18-16(23)4-3-9-22-15-8-6-12-11(5-7-14(15)20-21-22)13(12)10-25-17(24)19-2/h11-13H,3-10H2,1-2H3,(H,18,23)(H,19,24)/t11-,12+,13-/m1/s1. The summed E-state index contributed by atoms with van der Waals surface area (Å²) in [5.41, 5.74) is 2.31. The van der Waals surface area contributed by atoms with Crippen LogP contribution in [0.2, 0.25) is 0 Å². The van der Waals surface area contributed by atoms with Crippen LogP contribution in [-0.2, 0) is 28.9 Å². The number of ether oxygens (including phenoxy) is 1. The Bertz CT molecular complexity index is 630. The van der Waals surface area contributed by atoms with Crippen LogP contribution in [0.1, 0.15) is 37.1 Å². The maximum atomic E-state index is 11.3. The Balaban J connectivity index is 1.53. The van der Waals surface area contributed by atoms with Gasteiger partial charge in [-0.2, -0.15) is 0 Å². The van der Waals surface area contributed by atoms with Crippen LogP contribution in [0.5, 0.6) is 0 Å². The molecule has 1 aromatic rings. The van der Waals surface area contributed by atoms with Crippen molar-refractivity contribution in [3.63, 3.8) is 0 Å². The van der Waals surface area contributed by atoms with Gasteiger partial charge in [0.2, 0.25) is 5.91 Å². The molecule has 8 heteroatoms. The fourth-order valence-corrected chi connectivity index (χ4v) is 4.01. The minimum atomic E-state index is -0.351. The number of rotatable bonds is 6. The van der Waals surface area contributed by atoms with Gasteiger partial charge in [0.1, 0.15) is 0 Å². The van der Waals surface area contributed by atoms with E-state index < -0.39 is 0 Å². The number of hydrogen-bond donors (Lipinski definition) is 2. The van der Waals surface area contributed by atoms with E-state index in [9.17, 15) is 9.59 Å². The molecular weight excluding hydrogens is 322 g/mol. The molecule has 2 N–H and O–H groups in total. The lowest BCUT2D eigenvalue weighted by molar-refractivity contribution is -0.120. The van der Waals surface area contributed by atoms with Gasteiger partial charge < -0.3 is 15.4 Å². The second kappa shape index (κ2) is 7.84. The van der Waals surface area contributed by atoms with Crippen molar-refractivity contribution >= 4 is 12.0 Å². The predicted octanol–water partition coefficient (Wildman–Crippen LogP) is 0.901.